The van der Waals surface area contributed by atoms with Gasteiger partial charge in [0.15, 0.2) is 0 Å². The van der Waals surface area contributed by atoms with E-state index in [9.17, 15) is 0 Å². The Morgan fingerprint density at radius 3 is 3.00 bits per heavy atom. The molecule has 1 aromatic rings. The first-order valence-electron chi connectivity index (χ1n) is 3.17. The fourth-order valence-electron chi connectivity index (χ4n) is 0.913. The molecule has 1 heterocycles. The normalized spacial score (nSPS) is 9.44. The Balaban J connectivity index is 2.98. The molecule has 0 aliphatic rings. The molecule has 0 atom stereocenters. The van der Waals surface area contributed by atoms with Crippen LogP contribution in [0.15, 0.2) is 18.8 Å². The standard InChI is InChI=1S/C8H11N/c1-3-7-5-6-9-8(7)4-2/h4-6,9H,2-3H2,1H3. The van der Waals surface area contributed by atoms with Crippen LogP contribution in [0.4, 0.5) is 0 Å². The van der Waals surface area contributed by atoms with Gasteiger partial charge in [-0.15, -0.1) is 0 Å². The van der Waals surface area contributed by atoms with E-state index in [4.69, 9.17) is 0 Å². The molecule has 1 N–H and O–H groups in total. The zero-order chi connectivity index (χ0) is 6.69. The molecule has 0 radical (unpaired) electrons. The summed E-state index contributed by atoms with van der Waals surface area (Å²) in [6, 6.07) is 2.08. The summed E-state index contributed by atoms with van der Waals surface area (Å²) in [5, 5.41) is 0. The lowest BCUT2D eigenvalue weighted by molar-refractivity contribution is 1.13. The van der Waals surface area contributed by atoms with Crippen LogP contribution in [-0.2, 0) is 6.42 Å². The number of aromatic amines is 1. The SMILES string of the molecule is C=Cc1[nH]ccc1CC. The Kier molecular flexibility index (Phi) is 1.73. The largest absolute Gasteiger partial charge is 0.361 e. The van der Waals surface area contributed by atoms with Crippen molar-refractivity contribution in [3.05, 3.63) is 30.1 Å². The van der Waals surface area contributed by atoms with Crippen molar-refractivity contribution in [3.63, 3.8) is 0 Å². The van der Waals surface area contributed by atoms with Crippen molar-refractivity contribution in [2.45, 2.75) is 13.3 Å². The Morgan fingerprint density at radius 1 is 1.78 bits per heavy atom. The number of aromatic nitrogens is 1. The third-order valence-corrected chi connectivity index (χ3v) is 1.45. The Bertz CT molecular complexity index is 198. The quantitative estimate of drug-likeness (QED) is 0.617. The smallest absolute Gasteiger partial charge is 0.0406 e. The van der Waals surface area contributed by atoms with Gasteiger partial charge in [0.1, 0.15) is 0 Å². The minimum absolute atomic E-state index is 1.07. The average Bonchev–Trinajstić information content (AvgIpc) is 2.33. The molecule has 0 amide bonds. The third-order valence-electron chi connectivity index (χ3n) is 1.45. The second-order valence-electron chi connectivity index (χ2n) is 1.97. The molecule has 9 heavy (non-hydrogen) atoms. The van der Waals surface area contributed by atoms with Gasteiger partial charge in [-0.1, -0.05) is 13.5 Å². The highest BCUT2D eigenvalue weighted by Crippen LogP contribution is 2.07. The highest BCUT2D eigenvalue weighted by atomic mass is 14.7. The summed E-state index contributed by atoms with van der Waals surface area (Å²) in [6.07, 6.45) is 4.86. The summed E-state index contributed by atoms with van der Waals surface area (Å²) in [6.45, 7) is 5.82. The van der Waals surface area contributed by atoms with Gasteiger partial charge in [-0.25, -0.2) is 0 Å². The Morgan fingerprint density at radius 2 is 2.56 bits per heavy atom. The maximum absolute atomic E-state index is 3.68. The lowest BCUT2D eigenvalue weighted by Gasteiger charge is -1.90. The van der Waals surface area contributed by atoms with Gasteiger partial charge in [0.25, 0.3) is 0 Å². The first-order chi connectivity index (χ1) is 4.38. The van der Waals surface area contributed by atoms with E-state index in [1.807, 2.05) is 12.3 Å². The zero-order valence-corrected chi connectivity index (χ0v) is 5.65. The van der Waals surface area contributed by atoms with Crippen LogP contribution in [0.1, 0.15) is 18.2 Å². The third kappa shape index (κ3) is 1.04. The second-order valence-corrected chi connectivity index (χ2v) is 1.97. The van der Waals surface area contributed by atoms with Gasteiger partial charge in [0.05, 0.1) is 0 Å². The van der Waals surface area contributed by atoms with Gasteiger partial charge in [0.2, 0.25) is 0 Å². The number of nitrogens with one attached hydrogen (secondary N) is 1. The topological polar surface area (TPSA) is 15.8 Å². The lowest BCUT2D eigenvalue weighted by atomic mass is 10.2. The molecule has 0 spiro atoms. The summed E-state index contributed by atoms with van der Waals surface area (Å²) in [4.78, 5) is 3.09. The highest BCUT2D eigenvalue weighted by molar-refractivity contribution is 5.47. The van der Waals surface area contributed by atoms with E-state index >= 15 is 0 Å². The molecule has 0 bridgehead atoms. The fourth-order valence-corrected chi connectivity index (χ4v) is 0.913. The molecule has 0 fully saturated rings. The Labute approximate surface area is 55.4 Å². The number of hydrogen-bond donors (Lipinski definition) is 1. The maximum atomic E-state index is 3.68. The van der Waals surface area contributed by atoms with Crippen molar-refractivity contribution in [1.82, 2.24) is 4.98 Å². The fraction of sp³-hybridized carbons (Fsp3) is 0.250. The number of aryl methyl sites for hydroxylation is 1. The summed E-state index contributed by atoms with van der Waals surface area (Å²) in [5.41, 5.74) is 2.49. The zero-order valence-electron chi connectivity index (χ0n) is 5.65. The van der Waals surface area contributed by atoms with Crippen molar-refractivity contribution in [3.8, 4) is 0 Å². The monoisotopic (exact) mass is 121 g/mol. The van der Waals surface area contributed by atoms with E-state index in [2.05, 4.69) is 24.6 Å². The molecule has 1 rings (SSSR count). The molecule has 0 aliphatic heterocycles. The van der Waals surface area contributed by atoms with Crippen LogP contribution in [0, 0.1) is 0 Å². The van der Waals surface area contributed by atoms with Crippen LogP contribution in [0.5, 0.6) is 0 Å². The van der Waals surface area contributed by atoms with Crippen molar-refractivity contribution in [1.29, 1.82) is 0 Å². The molecule has 0 aromatic carbocycles. The molecule has 1 nitrogen and oxygen atoms in total. The van der Waals surface area contributed by atoms with Gasteiger partial charge in [-0.2, -0.15) is 0 Å². The van der Waals surface area contributed by atoms with E-state index in [0.29, 0.717) is 0 Å². The molecule has 48 valence electrons. The summed E-state index contributed by atoms with van der Waals surface area (Å²) in [7, 11) is 0. The molecule has 1 aromatic heterocycles. The van der Waals surface area contributed by atoms with Crippen LogP contribution in [0.25, 0.3) is 6.08 Å². The first kappa shape index (κ1) is 6.14. The van der Waals surface area contributed by atoms with Crippen LogP contribution in [0.3, 0.4) is 0 Å². The summed E-state index contributed by atoms with van der Waals surface area (Å²) < 4.78 is 0. The lowest BCUT2D eigenvalue weighted by Crippen LogP contribution is -1.78. The van der Waals surface area contributed by atoms with Crippen LogP contribution in [-0.4, -0.2) is 4.98 Å². The second kappa shape index (κ2) is 2.53. The highest BCUT2D eigenvalue weighted by Gasteiger charge is 1.93. The van der Waals surface area contributed by atoms with Gasteiger partial charge >= 0.3 is 0 Å². The van der Waals surface area contributed by atoms with Crippen molar-refractivity contribution in [2.75, 3.05) is 0 Å². The number of hydrogen-bond acceptors (Lipinski definition) is 0. The van der Waals surface area contributed by atoms with Gasteiger partial charge in [-0.3, -0.25) is 0 Å². The minimum Gasteiger partial charge on any atom is -0.361 e. The summed E-state index contributed by atoms with van der Waals surface area (Å²) in [5.74, 6) is 0. The molecule has 0 saturated heterocycles. The van der Waals surface area contributed by atoms with Crippen molar-refractivity contribution < 1.29 is 0 Å². The van der Waals surface area contributed by atoms with E-state index in [-0.39, 0.29) is 0 Å². The predicted octanol–water partition coefficient (Wildman–Crippen LogP) is 2.22. The summed E-state index contributed by atoms with van der Waals surface area (Å²) >= 11 is 0. The van der Waals surface area contributed by atoms with E-state index < -0.39 is 0 Å². The first-order valence-corrected chi connectivity index (χ1v) is 3.17. The minimum atomic E-state index is 1.07. The van der Waals surface area contributed by atoms with E-state index in [1.54, 1.807) is 0 Å². The predicted molar refractivity (Wildman–Crippen MR) is 40.3 cm³/mol. The molecular formula is C8H11N. The maximum Gasteiger partial charge on any atom is 0.0406 e. The van der Waals surface area contributed by atoms with Gasteiger partial charge < -0.3 is 4.98 Å². The van der Waals surface area contributed by atoms with Crippen LogP contribution >= 0.6 is 0 Å². The molecule has 0 unspecified atom stereocenters. The molecule has 1 heteroatoms. The Hall–Kier alpha value is -0.980. The molecule has 0 aliphatic carbocycles. The number of rotatable bonds is 2. The van der Waals surface area contributed by atoms with Crippen LogP contribution < -0.4 is 0 Å². The molecule has 0 saturated carbocycles. The average molecular weight is 121 g/mol. The van der Waals surface area contributed by atoms with Crippen molar-refractivity contribution in [2.24, 2.45) is 0 Å². The van der Waals surface area contributed by atoms with Gasteiger partial charge in [0, 0.05) is 11.9 Å². The van der Waals surface area contributed by atoms with Gasteiger partial charge in [-0.05, 0) is 24.1 Å². The van der Waals surface area contributed by atoms with Crippen molar-refractivity contribution >= 4 is 6.08 Å². The van der Waals surface area contributed by atoms with Crippen LogP contribution in [0.2, 0.25) is 0 Å². The number of H-pyrrole nitrogens is 1. The van der Waals surface area contributed by atoms with E-state index in [0.717, 1.165) is 12.1 Å². The van der Waals surface area contributed by atoms with E-state index in [1.165, 1.54) is 5.56 Å². The molecular weight excluding hydrogens is 110 g/mol.